The largest absolute Gasteiger partial charge is 0.328 e. The highest BCUT2D eigenvalue weighted by atomic mass is 16.2. The summed E-state index contributed by atoms with van der Waals surface area (Å²) in [6.45, 7) is 0. The molecule has 1 aromatic heterocycles. The van der Waals surface area contributed by atoms with Crippen LogP contribution in [0.5, 0.6) is 0 Å². The van der Waals surface area contributed by atoms with Crippen molar-refractivity contribution in [2.75, 3.05) is 5.32 Å². The zero-order chi connectivity index (χ0) is 16.4. The van der Waals surface area contributed by atoms with Crippen LogP contribution in [0.25, 0.3) is 11.0 Å². The lowest BCUT2D eigenvalue weighted by Gasteiger charge is -2.06. The summed E-state index contributed by atoms with van der Waals surface area (Å²) in [5.41, 5.74) is 3.42. The van der Waals surface area contributed by atoms with Crippen molar-refractivity contribution in [3.8, 4) is 0 Å². The van der Waals surface area contributed by atoms with Crippen molar-refractivity contribution < 1.29 is 4.79 Å². The van der Waals surface area contributed by atoms with Crippen molar-refractivity contribution in [3.05, 3.63) is 64.6 Å². The fourth-order valence-electron chi connectivity index (χ4n) is 2.71. The van der Waals surface area contributed by atoms with Crippen LogP contribution in [0.3, 0.4) is 0 Å². The number of hydrogen-bond acceptors (Lipinski definition) is 2. The van der Waals surface area contributed by atoms with E-state index >= 15 is 0 Å². The second kappa shape index (κ2) is 6.12. The quantitative estimate of drug-likeness (QED) is 0.805. The standard InChI is InChI=1S/C18H19N3O2/c1-20-15-10-9-14(12-16(15)21(2)18(20)23)19-17(22)11-8-13-6-4-3-5-7-13/h3-7,9-10,12H,8,11H2,1-2H3,(H,19,22). The topological polar surface area (TPSA) is 56.0 Å². The van der Waals surface area contributed by atoms with E-state index in [-0.39, 0.29) is 11.6 Å². The molecule has 1 heterocycles. The van der Waals surface area contributed by atoms with Gasteiger partial charge in [0, 0.05) is 26.2 Å². The Bertz CT molecular complexity index is 907. The molecule has 1 N–H and O–H groups in total. The number of imidazole rings is 1. The number of anilines is 1. The summed E-state index contributed by atoms with van der Waals surface area (Å²) in [4.78, 5) is 24.0. The summed E-state index contributed by atoms with van der Waals surface area (Å²) < 4.78 is 3.17. The Morgan fingerprint density at radius 3 is 2.43 bits per heavy atom. The van der Waals surface area contributed by atoms with Crippen LogP contribution in [0, 0.1) is 0 Å². The predicted molar refractivity (Wildman–Crippen MR) is 91.6 cm³/mol. The molecule has 0 saturated carbocycles. The maximum absolute atomic E-state index is 12.1. The average Bonchev–Trinajstić information content (AvgIpc) is 2.78. The minimum atomic E-state index is -0.0763. The average molecular weight is 309 g/mol. The molecule has 0 fully saturated rings. The van der Waals surface area contributed by atoms with Crippen LogP contribution in [0.2, 0.25) is 0 Å². The molecular weight excluding hydrogens is 290 g/mol. The second-order valence-electron chi connectivity index (χ2n) is 5.64. The molecule has 0 atom stereocenters. The van der Waals surface area contributed by atoms with Crippen molar-refractivity contribution in [1.29, 1.82) is 0 Å². The predicted octanol–water partition coefficient (Wildman–Crippen LogP) is 2.45. The van der Waals surface area contributed by atoms with Crippen LogP contribution in [-0.2, 0) is 25.3 Å². The molecule has 3 rings (SSSR count). The summed E-state index contributed by atoms with van der Waals surface area (Å²) in [6.07, 6.45) is 1.13. The number of amides is 1. The van der Waals surface area contributed by atoms with E-state index < -0.39 is 0 Å². The molecule has 5 nitrogen and oxygen atoms in total. The van der Waals surface area contributed by atoms with Crippen molar-refractivity contribution in [3.63, 3.8) is 0 Å². The van der Waals surface area contributed by atoms with Crippen LogP contribution in [0.1, 0.15) is 12.0 Å². The van der Waals surface area contributed by atoms with Crippen molar-refractivity contribution in [2.45, 2.75) is 12.8 Å². The Morgan fingerprint density at radius 2 is 1.70 bits per heavy atom. The fraction of sp³-hybridized carbons (Fsp3) is 0.222. The second-order valence-corrected chi connectivity index (χ2v) is 5.64. The molecule has 0 aliphatic rings. The van der Waals surface area contributed by atoms with E-state index in [1.54, 1.807) is 23.2 Å². The van der Waals surface area contributed by atoms with Gasteiger partial charge in [-0.3, -0.25) is 13.9 Å². The first-order valence-electron chi connectivity index (χ1n) is 7.55. The highest BCUT2D eigenvalue weighted by molar-refractivity contribution is 5.93. The fourth-order valence-corrected chi connectivity index (χ4v) is 2.71. The highest BCUT2D eigenvalue weighted by Crippen LogP contribution is 2.18. The number of nitrogens with zero attached hydrogens (tertiary/aromatic N) is 2. The first-order chi connectivity index (χ1) is 11.1. The lowest BCUT2D eigenvalue weighted by Crippen LogP contribution is -2.19. The molecule has 0 saturated heterocycles. The number of fused-ring (bicyclic) bond motifs is 1. The van der Waals surface area contributed by atoms with Gasteiger partial charge in [0.1, 0.15) is 0 Å². The summed E-state index contributed by atoms with van der Waals surface area (Å²) in [7, 11) is 3.47. The summed E-state index contributed by atoms with van der Waals surface area (Å²) >= 11 is 0. The van der Waals surface area contributed by atoms with E-state index in [4.69, 9.17) is 0 Å². The number of hydrogen-bond donors (Lipinski definition) is 1. The lowest BCUT2D eigenvalue weighted by molar-refractivity contribution is -0.116. The molecule has 0 bridgehead atoms. The third-order valence-corrected chi connectivity index (χ3v) is 4.04. The SMILES string of the molecule is Cn1c(=O)n(C)c2cc(NC(=O)CCc3ccccc3)ccc21. The zero-order valence-corrected chi connectivity index (χ0v) is 13.2. The number of carbonyl (C=O) groups is 1. The van der Waals surface area contributed by atoms with Gasteiger partial charge in [-0.05, 0) is 30.2 Å². The normalized spacial score (nSPS) is 10.9. The number of aromatic nitrogens is 2. The molecule has 0 unspecified atom stereocenters. The first-order valence-corrected chi connectivity index (χ1v) is 7.55. The van der Waals surface area contributed by atoms with Crippen LogP contribution >= 0.6 is 0 Å². The molecular formula is C18H19N3O2. The molecule has 118 valence electrons. The van der Waals surface area contributed by atoms with Gasteiger partial charge >= 0.3 is 5.69 Å². The van der Waals surface area contributed by atoms with E-state index in [0.29, 0.717) is 18.5 Å². The molecule has 23 heavy (non-hydrogen) atoms. The van der Waals surface area contributed by atoms with E-state index in [0.717, 1.165) is 16.6 Å². The van der Waals surface area contributed by atoms with Crippen LogP contribution in [-0.4, -0.2) is 15.0 Å². The number of benzene rings is 2. The molecule has 0 aliphatic heterocycles. The van der Waals surface area contributed by atoms with Gasteiger partial charge in [-0.2, -0.15) is 0 Å². The van der Waals surface area contributed by atoms with Crippen molar-refractivity contribution in [2.24, 2.45) is 14.1 Å². The number of aryl methyl sites for hydroxylation is 3. The van der Waals surface area contributed by atoms with Crippen LogP contribution < -0.4 is 11.0 Å². The summed E-state index contributed by atoms with van der Waals surface area (Å²) in [5, 5.41) is 2.90. The minimum absolute atomic E-state index is 0.0332. The molecule has 0 spiro atoms. The maximum atomic E-state index is 12.1. The van der Waals surface area contributed by atoms with Gasteiger partial charge in [-0.15, -0.1) is 0 Å². The van der Waals surface area contributed by atoms with Crippen molar-refractivity contribution in [1.82, 2.24) is 9.13 Å². The lowest BCUT2D eigenvalue weighted by atomic mass is 10.1. The third kappa shape index (κ3) is 3.04. The number of nitrogens with one attached hydrogen (secondary N) is 1. The summed E-state index contributed by atoms with van der Waals surface area (Å²) in [6, 6.07) is 15.4. The van der Waals surface area contributed by atoms with Crippen LogP contribution in [0.15, 0.2) is 53.3 Å². The van der Waals surface area contributed by atoms with Gasteiger partial charge in [0.15, 0.2) is 0 Å². The van der Waals surface area contributed by atoms with Gasteiger partial charge in [0.05, 0.1) is 11.0 Å². The van der Waals surface area contributed by atoms with E-state index in [2.05, 4.69) is 5.32 Å². The summed E-state index contributed by atoms with van der Waals surface area (Å²) in [5.74, 6) is -0.0332. The molecule has 3 aromatic rings. The Balaban J connectivity index is 1.72. The molecule has 0 aliphatic carbocycles. The Labute approximate surface area is 134 Å². The van der Waals surface area contributed by atoms with Crippen LogP contribution in [0.4, 0.5) is 5.69 Å². The van der Waals surface area contributed by atoms with Gasteiger partial charge < -0.3 is 5.32 Å². The van der Waals surface area contributed by atoms with E-state index in [1.165, 1.54) is 0 Å². The molecule has 0 radical (unpaired) electrons. The maximum Gasteiger partial charge on any atom is 0.328 e. The minimum Gasteiger partial charge on any atom is -0.326 e. The molecule has 5 heteroatoms. The zero-order valence-electron chi connectivity index (χ0n) is 13.2. The van der Waals surface area contributed by atoms with Gasteiger partial charge in [-0.25, -0.2) is 4.79 Å². The van der Waals surface area contributed by atoms with E-state index in [1.807, 2.05) is 48.5 Å². The number of carbonyl (C=O) groups excluding carboxylic acids is 1. The Morgan fingerprint density at radius 1 is 1.00 bits per heavy atom. The van der Waals surface area contributed by atoms with Gasteiger partial charge in [-0.1, -0.05) is 30.3 Å². The molecule has 1 amide bonds. The Kier molecular flexibility index (Phi) is 4.02. The third-order valence-electron chi connectivity index (χ3n) is 4.04. The smallest absolute Gasteiger partial charge is 0.326 e. The van der Waals surface area contributed by atoms with Gasteiger partial charge in [0.2, 0.25) is 5.91 Å². The highest BCUT2D eigenvalue weighted by Gasteiger charge is 2.09. The Hall–Kier alpha value is -2.82. The van der Waals surface area contributed by atoms with Gasteiger partial charge in [0.25, 0.3) is 0 Å². The monoisotopic (exact) mass is 309 g/mol. The van der Waals surface area contributed by atoms with E-state index in [9.17, 15) is 9.59 Å². The molecule has 2 aromatic carbocycles. The number of rotatable bonds is 4. The van der Waals surface area contributed by atoms with Crippen molar-refractivity contribution >= 4 is 22.6 Å². The first kappa shape index (κ1) is 15.1.